The molecule has 0 bridgehead atoms. The van der Waals surface area contributed by atoms with Crippen molar-refractivity contribution in [3.8, 4) is 0 Å². The van der Waals surface area contributed by atoms with Crippen LogP contribution in [0.15, 0.2) is 75.2 Å². The number of fused-ring (bicyclic) bond motifs is 1. The molecule has 1 N–H and O–H groups in total. The highest BCUT2D eigenvalue weighted by Crippen LogP contribution is 2.45. The number of hydrogen-bond donors (Lipinski definition) is 1. The van der Waals surface area contributed by atoms with Crippen LogP contribution in [0.4, 0.5) is 5.13 Å². The largest absolute Gasteiger partial charge is 0.505 e. The zero-order valence-corrected chi connectivity index (χ0v) is 26.7. The summed E-state index contributed by atoms with van der Waals surface area (Å²) >= 11 is 18.4. The highest BCUT2D eigenvalue weighted by molar-refractivity contribution is 9.10. The number of amides is 1. The zero-order chi connectivity index (χ0) is 29.7. The second kappa shape index (κ2) is 11.5. The molecule has 0 spiro atoms. The molecular formula is C29H20BrCl2N5O3S2. The third kappa shape index (κ3) is 5.13. The number of aryl methyl sites for hydroxylation is 2. The lowest BCUT2D eigenvalue weighted by atomic mass is 9.96. The fourth-order valence-corrected chi connectivity index (χ4v) is 7.68. The molecule has 0 saturated carbocycles. The Kier molecular flexibility index (Phi) is 7.88. The Bertz CT molecular complexity index is 1940. The lowest BCUT2D eigenvalue weighted by molar-refractivity contribution is -0.132. The Labute approximate surface area is 267 Å². The molecule has 1 fully saturated rings. The lowest BCUT2D eigenvalue weighted by Gasteiger charge is -2.22. The number of halogens is 3. The standard InChI is InChI=1S/C29H20BrCl2N5O3S2/c1-14-5-4-10-36-15(2)22(33-26(14)36)24(38)21-23(16-6-3-7-18(30)11-16)37(27(40)25(21)39)28-34-35-29(42-28)41-13-17-8-9-19(31)12-20(17)32/h3-12,23,38H,13H2,1-2H3. The number of pyridine rings is 1. The molecule has 4 heterocycles. The summed E-state index contributed by atoms with van der Waals surface area (Å²) in [5.41, 5.74) is 3.84. The van der Waals surface area contributed by atoms with Gasteiger partial charge in [0.25, 0.3) is 5.78 Å². The molecule has 1 aliphatic heterocycles. The maximum atomic E-state index is 13.6. The van der Waals surface area contributed by atoms with Crippen LogP contribution < -0.4 is 4.90 Å². The highest BCUT2D eigenvalue weighted by atomic mass is 79.9. The van der Waals surface area contributed by atoms with E-state index in [1.165, 1.54) is 28.0 Å². The second-order valence-corrected chi connectivity index (χ2v) is 13.5. The molecular weight excluding hydrogens is 681 g/mol. The lowest BCUT2D eigenvalue weighted by Crippen LogP contribution is -2.29. The minimum absolute atomic E-state index is 0.0698. The Morgan fingerprint density at radius 2 is 1.90 bits per heavy atom. The van der Waals surface area contributed by atoms with E-state index in [1.54, 1.807) is 37.3 Å². The fourth-order valence-electron chi connectivity index (χ4n) is 4.83. The van der Waals surface area contributed by atoms with Crippen molar-refractivity contribution < 1.29 is 14.7 Å². The third-order valence-electron chi connectivity index (χ3n) is 6.89. The van der Waals surface area contributed by atoms with Gasteiger partial charge in [0, 0.05) is 26.5 Å². The monoisotopic (exact) mass is 699 g/mol. The number of ketones is 1. The molecule has 212 valence electrons. The number of carbonyl (C=O) groups excluding carboxylic acids is 2. The molecule has 1 amide bonds. The van der Waals surface area contributed by atoms with Crippen molar-refractivity contribution >= 4 is 90.5 Å². The predicted molar refractivity (Wildman–Crippen MR) is 170 cm³/mol. The summed E-state index contributed by atoms with van der Waals surface area (Å²) in [5.74, 6) is -1.49. The molecule has 13 heteroatoms. The van der Waals surface area contributed by atoms with Gasteiger partial charge in [0.15, 0.2) is 10.1 Å². The van der Waals surface area contributed by atoms with Gasteiger partial charge in [-0.25, -0.2) is 4.98 Å². The number of aliphatic hydroxyl groups excluding tert-OH is 1. The normalized spacial score (nSPS) is 16.6. The summed E-state index contributed by atoms with van der Waals surface area (Å²) in [6.45, 7) is 3.72. The third-order valence-corrected chi connectivity index (χ3v) is 10.1. The van der Waals surface area contributed by atoms with Crippen LogP contribution in [0.3, 0.4) is 0 Å². The van der Waals surface area contributed by atoms with Crippen LogP contribution in [0.5, 0.6) is 0 Å². The zero-order valence-electron chi connectivity index (χ0n) is 22.0. The van der Waals surface area contributed by atoms with Crippen molar-refractivity contribution in [2.24, 2.45) is 0 Å². The van der Waals surface area contributed by atoms with Crippen LogP contribution in [0.25, 0.3) is 11.4 Å². The van der Waals surface area contributed by atoms with E-state index >= 15 is 0 Å². The molecule has 0 radical (unpaired) electrons. The number of carbonyl (C=O) groups is 2. The molecule has 1 atom stereocenters. The van der Waals surface area contributed by atoms with Gasteiger partial charge < -0.3 is 9.51 Å². The molecule has 6 rings (SSSR count). The van der Waals surface area contributed by atoms with E-state index in [-0.39, 0.29) is 22.2 Å². The fraction of sp³-hybridized carbons (Fsp3) is 0.138. The molecule has 3 aromatic heterocycles. The average Bonchev–Trinajstić information content (AvgIpc) is 3.63. The van der Waals surface area contributed by atoms with Gasteiger partial charge in [0.05, 0.1) is 17.3 Å². The van der Waals surface area contributed by atoms with Crippen LogP contribution in [-0.4, -0.2) is 36.4 Å². The minimum atomic E-state index is -0.954. The summed E-state index contributed by atoms with van der Waals surface area (Å²) in [4.78, 5) is 33.2. The first-order valence-corrected chi connectivity index (χ1v) is 15.9. The Morgan fingerprint density at radius 1 is 1.10 bits per heavy atom. The predicted octanol–water partition coefficient (Wildman–Crippen LogP) is 7.79. The number of aromatic nitrogens is 4. The highest BCUT2D eigenvalue weighted by Gasteiger charge is 2.49. The number of rotatable bonds is 6. The Morgan fingerprint density at radius 3 is 2.64 bits per heavy atom. The summed E-state index contributed by atoms with van der Waals surface area (Å²) in [5, 5.41) is 21.5. The van der Waals surface area contributed by atoms with E-state index < -0.39 is 17.7 Å². The summed E-state index contributed by atoms with van der Waals surface area (Å²) < 4.78 is 3.17. The average molecular weight is 701 g/mol. The molecule has 8 nitrogen and oxygen atoms in total. The maximum Gasteiger partial charge on any atom is 0.301 e. The van der Waals surface area contributed by atoms with Gasteiger partial charge >= 0.3 is 5.91 Å². The number of nitrogens with zero attached hydrogens (tertiary/aromatic N) is 5. The topological polar surface area (TPSA) is 101 Å². The minimum Gasteiger partial charge on any atom is -0.505 e. The van der Waals surface area contributed by atoms with Gasteiger partial charge in [-0.05, 0) is 60.9 Å². The van der Waals surface area contributed by atoms with Gasteiger partial charge in [-0.2, -0.15) is 0 Å². The van der Waals surface area contributed by atoms with Gasteiger partial charge in [-0.3, -0.25) is 14.5 Å². The van der Waals surface area contributed by atoms with Crippen molar-refractivity contribution in [3.05, 3.63) is 109 Å². The summed E-state index contributed by atoms with van der Waals surface area (Å²) in [7, 11) is 0. The molecule has 1 saturated heterocycles. The molecule has 0 aliphatic carbocycles. The van der Waals surface area contributed by atoms with E-state index in [4.69, 9.17) is 23.2 Å². The Hall–Kier alpha value is -3.22. The summed E-state index contributed by atoms with van der Waals surface area (Å²) in [6.07, 6.45) is 1.84. The first-order valence-electron chi connectivity index (χ1n) is 12.6. The van der Waals surface area contributed by atoms with Crippen molar-refractivity contribution in [2.45, 2.75) is 30.0 Å². The van der Waals surface area contributed by atoms with Crippen molar-refractivity contribution in [1.82, 2.24) is 19.6 Å². The number of Topliss-reactive ketones (excluding diaryl/α,β-unsaturated/α-hetero) is 1. The van der Waals surface area contributed by atoms with Crippen LogP contribution >= 0.6 is 62.2 Å². The van der Waals surface area contributed by atoms with Crippen LogP contribution in [0, 0.1) is 13.8 Å². The van der Waals surface area contributed by atoms with Crippen molar-refractivity contribution in [3.63, 3.8) is 0 Å². The number of thioether (sulfide) groups is 1. The molecule has 2 aromatic carbocycles. The summed E-state index contributed by atoms with van der Waals surface area (Å²) in [6, 6.07) is 15.4. The van der Waals surface area contributed by atoms with Crippen molar-refractivity contribution in [1.29, 1.82) is 0 Å². The van der Waals surface area contributed by atoms with E-state index in [9.17, 15) is 14.7 Å². The van der Waals surface area contributed by atoms with E-state index in [2.05, 4.69) is 31.1 Å². The number of hydrogen-bond acceptors (Lipinski definition) is 8. The van der Waals surface area contributed by atoms with Gasteiger partial charge in [0.1, 0.15) is 11.3 Å². The van der Waals surface area contributed by atoms with E-state index in [0.29, 0.717) is 37.0 Å². The number of imidazole rings is 1. The van der Waals surface area contributed by atoms with Crippen LogP contribution in [0.2, 0.25) is 10.0 Å². The number of benzene rings is 2. The van der Waals surface area contributed by atoms with E-state index in [1.807, 2.05) is 41.8 Å². The van der Waals surface area contributed by atoms with Gasteiger partial charge in [-0.1, -0.05) is 86.5 Å². The smallest absolute Gasteiger partial charge is 0.301 e. The quantitative estimate of drug-likeness (QED) is 0.0635. The van der Waals surface area contributed by atoms with Gasteiger partial charge in [0.2, 0.25) is 5.13 Å². The maximum absolute atomic E-state index is 13.6. The SMILES string of the molecule is Cc1cccn2c(C)c(C(O)=C3C(=O)C(=O)N(c4nnc(SCc5ccc(Cl)cc5Cl)s4)C3c3cccc(Br)c3)nc12. The molecule has 42 heavy (non-hydrogen) atoms. The second-order valence-electron chi connectivity index (χ2n) is 9.53. The Balaban J connectivity index is 1.43. The number of anilines is 1. The van der Waals surface area contributed by atoms with Gasteiger partial charge in [-0.15, -0.1) is 10.2 Å². The molecule has 1 unspecified atom stereocenters. The van der Waals surface area contributed by atoms with Crippen LogP contribution in [-0.2, 0) is 15.3 Å². The number of aliphatic hydroxyl groups is 1. The molecule has 5 aromatic rings. The van der Waals surface area contributed by atoms with Crippen LogP contribution in [0.1, 0.15) is 34.1 Å². The van der Waals surface area contributed by atoms with E-state index in [0.717, 1.165) is 15.6 Å². The molecule has 1 aliphatic rings. The first-order chi connectivity index (χ1) is 20.1. The van der Waals surface area contributed by atoms with Crippen molar-refractivity contribution in [2.75, 3.05) is 4.90 Å². The first kappa shape index (κ1) is 28.9.